The maximum Gasteiger partial charge on any atom is 0.408 e. The fraction of sp³-hybridized carbons (Fsp3) is 0.619. The van der Waals surface area contributed by atoms with Crippen molar-refractivity contribution in [2.24, 2.45) is 5.92 Å². The maximum absolute atomic E-state index is 13.3. The summed E-state index contributed by atoms with van der Waals surface area (Å²) >= 11 is 0. The number of pyridine rings is 1. The van der Waals surface area contributed by atoms with E-state index in [2.05, 4.69) is 15.6 Å². The highest BCUT2D eigenvalue weighted by molar-refractivity contribution is 5.92. The molecule has 0 aromatic carbocycles. The predicted molar refractivity (Wildman–Crippen MR) is 114 cm³/mol. The summed E-state index contributed by atoms with van der Waals surface area (Å²) in [5.74, 6) is -0.0429. The van der Waals surface area contributed by atoms with Crippen LogP contribution < -0.4 is 10.6 Å². The topological polar surface area (TPSA) is 104 Å². The van der Waals surface area contributed by atoms with Gasteiger partial charge in [0.15, 0.2) is 0 Å². The molecule has 1 aromatic heterocycles. The number of hydrazine groups is 1. The Morgan fingerprint density at radius 1 is 1.20 bits per heavy atom. The van der Waals surface area contributed by atoms with Crippen molar-refractivity contribution >= 4 is 23.8 Å². The van der Waals surface area contributed by atoms with Gasteiger partial charge >= 0.3 is 12.1 Å². The van der Waals surface area contributed by atoms with Crippen LogP contribution in [0.3, 0.4) is 0 Å². The molecule has 166 valence electrons. The summed E-state index contributed by atoms with van der Waals surface area (Å²) in [5.41, 5.74) is 0.105. The molecule has 9 nitrogen and oxygen atoms in total. The van der Waals surface area contributed by atoms with Gasteiger partial charge in [-0.3, -0.25) is 10.1 Å². The number of hydrogen-bond acceptors (Lipinski definition) is 5. The van der Waals surface area contributed by atoms with Crippen molar-refractivity contribution < 1.29 is 19.1 Å². The molecule has 2 heterocycles. The van der Waals surface area contributed by atoms with Crippen LogP contribution >= 0.6 is 0 Å². The molecule has 0 spiro atoms. The van der Waals surface area contributed by atoms with E-state index in [1.54, 1.807) is 32.9 Å². The zero-order chi connectivity index (χ0) is 22.5. The summed E-state index contributed by atoms with van der Waals surface area (Å²) in [5, 5.41) is 8.20. The van der Waals surface area contributed by atoms with Crippen molar-refractivity contribution in [2.75, 3.05) is 18.4 Å². The second kappa shape index (κ2) is 9.77. The molecule has 0 radical (unpaired) electrons. The van der Waals surface area contributed by atoms with Gasteiger partial charge in [-0.25, -0.2) is 24.6 Å². The van der Waals surface area contributed by atoms with Gasteiger partial charge in [0.2, 0.25) is 0 Å². The predicted octanol–water partition coefficient (Wildman–Crippen LogP) is 3.31. The van der Waals surface area contributed by atoms with Crippen molar-refractivity contribution in [1.82, 2.24) is 20.3 Å². The molecule has 4 amide bonds. The van der Waals surface area contributed by atoms with Crippen LogP contribution in [-0.2, 0) is 9.53 Å². The van der Waals surface area contributed by atoms with E-state index >= 15 is 0 Å². The van der Waals surface area contributed by atoms with Gasteiger partial charge in [0.05, 0.1) is 0 Å². The van der Waals surface area contributed by atoms with Gasteiger partial charge in [0.25, 0.3) is 5.91 Å². The molecule has 1 fully saturated rings. The lowest BCUT2D eigenvalue weighted by Gasteiger charge is -2.33. The van der Waals surface area contributed by atoms with Crippen LogP contribution in [0.1, 0.15) is 53.2 Å². The van der Waals surface area contributed by atoms with Crippen LogP contribution in [0, 0.1) is 12.8 Å². The van der Waals surface area contributed by atoms with Crippen LogP contribution in [0.5, 0.6) is 0 Å². The smallest absolute Gasteiger partial charge is 0.408 e. The standard InChI is InChI=1S/C21H33N5O4/c1-7-14(2)17(24-20(29)30-21(4,5)6)18(27)25-12-9-13-26(25)19(28)23-16-11-8-10-15(3)22-16/h8,10-11,14,17H,7,9,12-13H2,1-6H3,(H,24,29)(H,22,23,28). The maximum atomic E-state index is 13.3. The highest BCUT2D eigenvalue weighted by Gasteiger charge is 2.38. The first kappa shape index (κ1) is 23.4. The van der Waals surface area contributed by atoms with Crippen LogP contribution in [-0.4, -0.2) is 57.8 Å². The Balaban J connectivity index is 2.13. The minimum Gasteiger partial charge on any atom is -0.444 e. The Morgan fingerprint density at radius 2 is 1.87 bits per heavy atom. The van der Waals surface area contributed by atoms with Crippen molar-refractivity contribution in [3.05, 3.63) is 23.9 Å². The molecule has 0 saturated carbocycles. The molecular weight excluding hydrogens is 386 g/mol. The number of aryl methyl sites for hydroxylation is 1. The molecule has 1 aliphatic heterocycles. The number of carbonyl (C=O) groups is 3. The molecule has 0 aliphatic carbocycles. The van der Waals surface area contributed by atoms with E-state index in [-0.39, 0.29) is 11.8 Å². The first-order chi connectivity index (χ1) is 14.0. The second-order valence-corrected chi connectivity index (χ2v) is 8.54. The number of nitrogens with zero attached hydrogens (tertiary/aromatic N) is 3. The minimum atomic E-state index is -0.796. The second-order valence-electron chi connectivity index (χ2n) is 8.54. The third-order valence-electron chi connectivity index (χ3n) is 4.79. The van der Waals surface area contributed by atoms with Gasteiger partial charge in [-0.2, -0.15) is 0 Å². The average molecular weight is 420 g/mol. The van der Waals surface area contributed by atoms with E-state index in [9.17, 15) is 14.4 Å². The molecular formula is C21H33N5O4. The summed E-state index contributed by atoms with van der Waals surface area (Å²) in [4.78, 5) is 42.6. The van der Waals surface area contributed by atoms with E-state index in [1.165, 1.54) is 10.0 Å². The summed E-state index contributed by atoms with van der Waals surface area (Å²) in [6.45, 7) is 11.8. The summed E-state index contributed by atoms with van der Waals surface area (Å²) < 4.78 is 5.32. The highest BCUT2D eigenvalue weighted by atomic mass is 16.6. The van der Waals surface area contributed by atoms with Gasteiger partial charge in [-0.05, 0) is 52.2 Å². The van der Waals surface area contributed by atoms with Crippen LogP contribution in [0.4, 0.5) is 15.4 Å². The molecule has 0 bridgehead atoms. The van der Waals surface area contributed by atoms with Crippen LogP contribution in [0.25, 0.3) is 0 Å². The van der Waals surface area contributed by atoms with E-state index in [0.717, 1.165) is 5.69 Å². The fourth-order valence-electron chi connectivity index (χ4n) is 3.12. The molecule has 1 saturated heterocycles. The van der Waals surface area contributed by atoms with Crippen molar-refractivity contribution in [2.45, 2.75) is 66.0 Å². The number of amides is 4. The number of ether oxygens (including phenoxy) is 1. The quantitative estimate of drug-likeness (QED) is 0.762. The number of hydrogen-bond donors (Lipinski definition) is 2. The molecule has 2 unspecified atom stereocenters. The van der Waals surface area contributed by atoms with E-state index in [0.29, 0.717) is 31.7 Å². The zero-order valence-electron chi connectivity index (χ0n) is 18.7. The molecule has 1 aromatic rings. The Hall–Kier alpha value is -2.84. The molecule has 2 N–H and O–H groups in total. The van der Waals surface area contributed by atoms with Crippen molar-refractivity contribution in [3.63, 3.8) is 0 Å². The molecule has 2 rings (SSSR count). The average Bonchev–Trinajstić information content (AvgIpc) is 3.13. The molecule has 30 heavy (non-hydrogen) atoms. The van der Waals surface area contributed by atoms with E-state index < -0.39 is 23.8 Å². The van der Waals surface area contributed by atoms with E-state index in [1.807, 2.05) is 26.8 Å². The summed E-state index contributed by atoms with van der Waals surface area (Å²) in [6, 6.07) is 4.10. The lowest BCUT2D eigenvalue weighted by molar-refractivity contribution is -0.143. The summed E-state index contributed by atoms with van der Waals surface area (Å²) in [7, 11) is 0. The molecule has 9 heteroatoms. The summed E-state index contributed by atoms with van der Waals surface area (Å²) in [6.07, 6.45) is 0.680. The number of urea groups is 1. The third kappa shape index (κ3) is 6.33. The monoisotopic (exact) mass is 419 g/mol. The van der Waals surface area contributed by atoms with Gasteiger partial charge in [-0.1, -0.05) is 26.3 Å². The fourth-order valence-corrected chi connectivity index (χ4v) is 3.12. The highest BCUT2D eigenvalue weighted by Crippen LogP contribution is 2.19. The van der Waals surface area contributed by atoms with Gasteiger partial charge < -0.3 is 10.1 Å². The molecule has 2 atom stereocenters. The van der Waals surface area contributed by atoms with E-state index in [4.69, 9.17) is 4.74 Å². The Labute approximate surface area is 178 Å². The SMILES string of the molecule is CCC(C)C(NC(=O)OC(C)(C)C)C(=O)N1CCCN1C(=O)Nc1cccc(C)n1. The number of rotatable bonds is 5. The number of alkyl carbamates (subject to hydrolysis) is 1. The Morgan fingerprint density at radius 3 is 2.47 bits per heavy atom. The lowest BCUT2D eigenvalue weighted by atomic mass is 9.98. The first-order valence-electron chi connectivity index (χ1n) is 10.3. The lowest BCUT2D eigenvalue weighted by Crippen LogP contribution is -2.56. The number of nitrogens with one attached hydrogen (secondary N) is 2. The normalized spacial score (nSPS) is 16.1. The number of aromatic nitrogens is 1. The Bertz CT molecular complexity index is 777. The largest absolute Gasteiger partial charge is 0.444 e. The van der Waals surface area contributed by atoms with Gasteiger partial charge in [-0.15, -0.1) is 0 Å². The van der Waals surface area contributed by atoms with Gasteiger partial charge in [0.1, 0.15) is 17.5 Å². The zero-order valence-corrected chi connectivity index (χ0v) is 18.7. The van der Waals surface area contributed by atoms with Crippen molar-refractivity contribution in [1.29, 1.82) is 0 Å². The number of anilines is 1. The molecule has 1 aliphatic rings. The van der Waals surface area contributed by atoms with Crippen molar-refractivity contribution in [3.8, 4) is 0 Å². The van der Waals surface area contributed by atoms with Crippen LogP contribution in [0.2, 0.25) is 0 Å². The van der Waals surface area contributed by atoms with Crippen LogP contribution in [0.15, 0.2) is 18.2 Å². The minimum absolute atomic E-state index is 0.131. The van der Waals surface area contributed by atoms with Gasteiger partial charge in [0, 0.05) is 18.8 Å². The third-order valence-corrected chi connectivity index (χ3v) is 4.79. The first-order valence-corrected chi connectivity index (χ1v) is 10.3. The Kier molecular flexibility index (Phi) is 7.64. The number of carbonyl (C=O) groups excluding carboxylic acids is 3.